The van der Waals surface area contributed by atoms with Gasteiger partial charge in [-0.3, -0.25) is 0 Å². The number of aryl methyl sites for hydroxylation is 1. The van der Waals surface area contributed by atoms with Gasteiger partial charge in [-0.1, -0.05) is 30.0 Å². The molecule has 1 aromatic heterocycles. The largest absolute Gasteiger partial charge is 0.313 e. The molecule has 0 aliphatic rings. The number of hydrogen-bond acceptors (Lipinski definition) is 5. The summed E-state index contributed by atoms with van der Waals surface area (Å²) in [6, 6.07) is 2.73. The fourth-order valence-electron chi connectivity index (χ4n) is 1.63. The Bertz CT molecular complexity index is 564. The molecule has 0 atom stereocenters. The van der Waals surface area contributed by atoms with Gasteiger partial charge in [0.1, 0.15) is 16.6 Å². The van der Waals surface area contributed by atoms with Crippen LogP contribution >= 0.6 is 23.1 Å². The highest BCUT2D eigenvalue weighted by Gasteiger charge is 2.15. The summed E-state index contributed by atoms with van der Waals surface area (Å²) in [5.74, 6) is -1.12. The third kappa shape index (κ3) is 3.97. The number of aromatic nitrogens is 2. The van der Waals surface area contributed by atoms with Crippen LogP contribution in [0.15, 0.2) is 21.4 Å². The molecule has 2 aromatic rings. The van der Waals surface area contributed by atoms with E-state index >= 15 is 0 Å². The SMILES string of the molecule is CCCNCc1cc(F)c(Sc2nnc(C)s2)c(F)c1. The zero-order chi connectivity index (χ0) is 14.5. The topological polar surface area (TPSA) is 37.8 Å². The monoisotopic (exact) mass is 315 g/mol. The van der Waals surface area contributed by atoms with Crippen LogP contribution in [0.4, 0.5) is 8.78 Å². The first-order valence-electron chi connectivity index (χ1n) is 6.26. The minimum Gasteiger partial charge on any atom is -0.313 e. The molecule has 0 aliphatic carbocycles. The van der Waals surface area contributed by atoms with Crippen molar-refractivity contribution < 1.29 is 8.78 Å². The van der Waals surface area contributed by atoms with Gasteiger partial charge >= 0.3 is 0 Å². The van der Waals surface area contributed by atoms with Gasteiger partial charge in [0.2, 0.25) is 0 Å². The van der Waals surface area contributed by atoms with Gasteiger partial charge in [-0.2, -0.15) is 0 Å². The Hall–Kier alpha value is -1.05. The summed E-state index contributed by atoms with van der Waals surface area (Å²) in [5.41, 5.74) is 0.603. The highest BCUT2D eigenvalue weighted by Crippen LogP contribution is 2.34. The van der Waals surface area contributed by atoms with Gasteiger partial charge in [-0.15, -0.1) is 10.2 Å². The average Bonchev–Trinajstić information content (AvgIpc) is 2.80. The fourth-order valence-corrected chi connectivity index (χ4v) is 3.39. The van der Waals surface area contributed by atoms with Crippen LogP contribution in [0.5, 0.6) is 0 Å². The fraction of sp³-hybridized carbons (Fsp3) is 0.385. The smallest absolute Gasteiger partial charge is 0.179 e. The quantitative estimate of drug-likeness (QED) is 0.823. The van der Waals surface area contributed by atoms with Crippen molar-refractivity contribution in [3.8, 4) is 0 Å². The molecule has 0 fully saturated rings. The number of benzene rings is 1. The predicted octanol–water partition coefficient (Wildman–Crippen LogP) is 3.78. The number of hydrogen-bond donors (Lipinski definition) is 1. The van der Waals surface area contributed by atoms with Crippen LogP contribution in [-0.4, -0.2) is 16.7 Å². The van der Waals surface area contributed by atoms with E-state index in [4.69, 9.17) is 0 Å². The number of nitrogens with one attached hydrogen (secondary N) is 1. The lowest BCUT2D eigenvalue weighted by Crippen LogP contribution is -2.14. The molecule has 3 nitrogen and oxygen atoms in total. The van der Waals surface area contributed by atoms with Crippen LogP contribution in [0.25, 0.3) is 0 Å². The van der Waals surface area contributed by atoms with Crippen molar-refractivity contribution >= 4 is 23.1 Å². The minimum absolute atomic E-state index is 0.0274. The zero-order valence-corrected chi connectivity index (χ0v) is 12.9. The van der Waals surface area contributed by atoms with Crippen molar-refractivity contribution in [2.75, 3.05) is 6.54 Å². The van der Waals surface area contributed by atoms with Gasteiger partial charge in [-0.05, 0) is 37.6 Å². The van der Waals surface area contributed by atoms with Gasteiger partial charge in [0.15, 0.2) is 4.34 Å². The van der Waals surface area contributed by atoms with E-state index in [2.05, 4.69) is 15.5 Å². The maximum atomic E-state index is 14.0. The normalized spacial score (nSPS) is 11.0. The first-order chi connectivity index (χ1) is 9.60. The van der Waals surface area contributed by atoms with Crippen molar-refractivity contribution in [2.24, 2.45) is 0 Å². The summed E-state index contributed by atoms with van der Waals surface area (Å²) >= 11 is 2.29. The second-order valence-corrected chi connectivity index (χ2v) is 6.69. The lowest BCUT2D eigenvalue weighted by Gasteiger charge is -2.07. The Morgan fingerprint density at radius 1 is 1.25 bits per heavy atom. The molecule has 0 spiro atoms. The Kier molecular flexibility index (Phi) is 5.45. The number of nitrogens with zero attached hydrogens (tertiary/aromatic N) is 2. The molecule has 0 saturated carbocycles. The first kappa shape index (κ1) is 15.3. The maximum absolute atomic E-state index is 14.0. The standard InChI is InChI=1S/C13H15F2N3S2/c1-3-4-16-7-9-5-10(14)12(11(15)6-9)20-13-18-17-8(2)19-13/h5-6,16H,3-4,7H2,1-2H3. The van der Waals surface area contributed by atoms with Gasteiger partial charge < -0.3 is 5.32 Å². The molecule has 0 saturated heterocycles. The summed E-state index contributed by atoms with van der Waals surface area (Å²) in [4.78, 5) is -0.0274. The van der Waals surface area contributed by atoms with Gasteiger partial charge in [0.25, 0.3) is 0 Å². The highest BCUT2D eigenvalue weighted by molar-refractivity contribution is 8.01. The molecule has 1 heterocycles. The summed E-state index contributed by atoms with van der Waals surface area (Å²) in [6.07, 6.45) is 0.981. The third-order valence-electron chi connectivity index (χ3n) is 2.51. The van der Waals surface area contributed by atoms with E-state index in [1.165, 1.54) is 23.5 Å². The molecular weight excluding hydrogens is 300 g/mol. The molecular formula is C13H15F2N3S2. The van der Waals surface area contributed by atoms with Gasteiger partial charge in [0, 0.05) is 6.54 Å². The molecule has 20 heavy (non-hydrogen) atoms. The molecule has 0 aliphatic heterocycles. The number of rotatable bonds is 6. The van der Waals surface area contributed by atoms with E-state index in [0.717, 1.165) is 29.7 Å². The lowest BCUT2D eigenvalue weighted by atomic mass is 10.2. The van der Waals surface area contributed by atoms with E-state index in [-0.39, 0.29) is 4.90 Å². The Labute approximate surface area is 124 Å². The highest BCUT2D eigenvalue weighted by atomic mass is 32.2. The van der Waals surface area contributed by atoms with Crippen molar-refractivity contribution in [2.45, 2.75) is 36.0 Å². The Morgan fingerprint density at radius 2 is 1.95 bits per heavy atom. The van der Waals surface area contributed by atoms with Crippen molar-refractivity contribution in [1.82, 2.24) is 15.5 Å². The van der Waals surface area contributed by atoms with Crippen molar-refractivity contribution in [1.29, 1.82) is 0 Å². The van der Waals surface area contributed by atoms with E-state index < -0.39 is 11.6 Å². The lowest BCUT2D eigenvalue weighted by molar-refractivity contribution is 0.534. The predicted molar refractivity (Wildman–Crippen MR) is 77.1 cm³/mol. The molecule has 0 radical (unpaired) electrons. The first-order valence-corrected chi connectivity index (χ1v) is 7.90. The van der Waals surface area contributed by atoms with Crippen LogP contribution in [0.2, 0.25) is 0 Å². The van der Waals surface area contributed by atoms with Crippen molar-refractivity contribution in [3.63, 3.8) is 0 Å². The van der Waals surface area contributed by atoms with Crippen LogP contribution in [0.1, 0.15) is 23.9 Å². The van der Waals surface area contributed by atoms with Crippen LogP contribution in [0, 0.1) is 18.6 Å². The molecule has 2 rings (SSSR count). The molecule has 0 bridgehead atoms. The average molecular weight is 315 g/mol. The van der Waals surface area contributed by atoms with Gasteiger partial charge in [0.05, 0.1) is 4.90 Å². The van der Waals surface area contributed by atoms with E-state index in [0.29, 0.717) is 16.4 Å². The summed E-state index contributed by atoms with van der Waals surface area (Å²) in [6.45, 7) is 5.13. The molecule has 1 N–H and O–H groups in total. The Balaban J connectivity index is 2.14. The second-order valence-electron chi connectivity index (χ2n) is 4.25. The summed E-state index contributed by atoms with van der Waals surface area (Å²) in [5, 5.41) is 11.6. The number of halogens is 2. The Morgan fingerprint density at radius 3 is 2.50 bits per heavy atom. The molecule has 0 amide bonds. The molecule has 108 valence electrons. The van der Waals surface area contributed by atoms with Crippen LogP contribution in [-0.2, 0) is 6.54 Å². The maximum Gasteiger partial charge on any atom is 0.179 e. The van der Waals surface area contributed by atoms with Crippen LogP contribution in [0.3, 0.4) is 0 Å². The van der Waals surface area contributed by atoms with Gasteiger partial charge in [-0.25, -0.2) is 8.78 Å². The third-order valence-corrected chi connectivity index (χ3v) is 4.49. The van der Waals surface area contributed by atoms with Crippen molar-refractivity contribution in [3.05, 3.63) is 34.3 Å². The summed E-state index contributed by atoms with van der Waals surface area (Å²) in [7, 11) is 0. The second kappa shape index (κ2) is 7.10. The van der Waals surface area contributed by atoms with E-state index in [1.54, 1.807) is 6.92 Å². The van der Waals surface area contributed by atoms with E-state index in [9.17, 15) is 8.78 Å². The summed E-state index contributed by atoms with van der Waals surface area (Å²) < 4.78 is 28.5. The minimum atomic E-state index is -0.559. The molecule has 7 heteroatoms. The molecule has 1 aromatic carbocycles. The molecule has 0 unspecified atom stereocenters. The van der Waals surface area contributed by atoms with Crippen LogP contribution < -0.4 is 5.32 Å². The zero-order valence-electron chi connectivity index (χ0n) is 11.2. The van der Waals surface area contributed by atoms with E-state index in [1.807, 2.05) is 6.92 Å².